The second kappa shape index (κ2) is 6.10. The highest BCUT2D eigenvalue weighted by molar-refractivity contribution is 5.76. The smallest absolute Gasteiger partial charge is 0.173 e. The molecule has 0 aliphatic rings. The van der Waals surface area contributed by atoms with Gasteiger partial charge in [0.2, 0.25) is 0 Å². The van der Waals surface area contributed by atoms with Crippen molar-refractivity contribution in [2.75, 3.05) is 13.7 Å². The summed E-state index contributed by atoms with van der Waals surface area (Å²) < 4.78 is 9.87. The van der Waals surface area contributed by atoms with Crippen LogP contribution in [0.4, 0.5) is 0 Å². The summed E-state index contributed by atoms with van der Waals surface area (Å²) in [5.41, 5.74) is 1.10. The van der Waals surface area contributed by atoms with Crippen LogP contribution in [0.25, 0.3) is 5.57 Å². The second-order valence-corrected chi connectivity index (χ2v) is 2.84. The summed E-state index contributed by atoms with van der Waals surface area (Å²) in [7, 11) is 1.58. The number of rotatable bonds is 4. The van der Waals surface area contributed by atoms with Gasteiger partial charge in [-0.15, -0.1) is 0 Å². The number of nitrogens with zero attached hydrogens (tertiary/aromatic N) is 2. The number of benzene rings is 1. The van der Waals surface area contributed by atoms with Crippen LogP contribution < -0.4 is 4.74 Å². The first-order chi connectivity index (χ1) is 7.81. The first-order valence-electron chi connectivity index (χ1n) is 4.55. The Bertz CT molecular complexity index is 449. The molecule has 0 spiro atoms. The van der Waals surface area contributed by atoms with E-state index in [-0.39, 0.29) is 6.61 Å². The molecular formula is C12H10N2O2. The Morgan fingerprint density at radius 2 is 2.00 bits per heavy atom. The fraction of sp³-hybridized carbons (Fsp3) is 0.167. The first kappa shape index (κ1) is 11.6. The van der Waals surface area contributed by atoms with Gasteiger partial charge < -0.3 is 9.47 Å². The molecule has 0 N–H and O–H groups in total. The van der Waals surface area contributed by atoms with Crippen molar-refractivity contribution in [2.45, 2.75) is 0 Å². The minimum absolute atomic E-state index is 0.0681. The Morgan fingerprint density at radius 3 is 2.50 bits per heavy atom. The topological polar surface area (TPSA) is 66.0 Å². The summed E-state index contributed by atoms with van der Waals surface area (Å²) in [6.45, 7) is -0.0681. The van der Waals surface area contributed by atoms with Crippen molar-refractivity contribution >= 4 is 5.57 Å². The Labute approximate surface area is 93.9 Å². The molecule has 1 aromatic carbocycles. The SMILES string of the molecule is COc1ccc(/C(C#N)=C/OCC#N)cc1. The molecule has 4 heteroatoms. The second-order valence-electron chi connectivity index (χ2n) is 2.84. The van der Waals surface area contributed by atoms with Crippen molar-refractivity contribution in [1.29, 1.82) is 10.5 Å². The lowest BCUT2D eigenvalue weighted by Gasteiger charge is -2.02. The van der Waals surface area contributed by atoms with Gasteiger partial charge in [-0.05, 0) is 29.8 Å². The molecule has 0 amide bonds. The lowest BCUT2D eigenvalue weighted by molar-refractivity contribution is 0.296. The summed E-state index contributed by atoms with van der Waals surface area (Å²) in [6, 6.07) is 10.8. The van der Waals surface area contributed by atoms with Gasteiger partial charge in [0.05, 0.1) is 12.7 Å². The van der Waals surface area contributed by atoms with Crippen molar-refractivity contribution < 1.29 is 9.47 Å². The van der Waals surface area contributed by atoms with Gasteiger partial charge in [-0.3, -0.25) is 0 Å². The maximum atomic E-state index is 8.89. The number of ether oxygens (including phenoxy) is 2. The van der Waals surface area contributed by atoms with Crippen molar-refractivity contribution in [1.82, 2.24) is 0 Å². The van der Waals surface area contributed by atoms with Crippen LogP contribution >= 0.6 is 0 Å². The molecule has 0 bridgehead atoms. The average molecular weight is 214 g/mol. The van der Waals surface area contributed by atoms with E-state index >= 15 is 0 Å². The van der Waals surface area contributed by atoms with E-state index in [9.17, 15) is 0 Å². The van der Waals surface area contributed by atoms with E-state index in [4.69, 9.17) is 20.0 Å². The van der Waals surface area contributed by atoms with Crippen LogP contribution in [0, 0.1) is 22.7 Å². The standard InChI is InChI=1S/C12H10N2O2/c1-15-12-4-2-10(3-5-12)11(8-14)9-16-7-6-13/h2-5,9H,7H2,1H3/b11-9+. The fourth-order valence-electron chi connectivity index (χ4n) is 1.09. The molecule has 0 aromatic heterocycles. The molecule has 0 saturated heterocycles. The highest BCUT2D eigenvalue weighted by Crippen LogP contribution is 2.17. The van der Waals surface area contributed by atoms with Crippen molar-refractivity contribution in [2.24, 2.45) is 0 Å². The molecule has 0 fully saturated rings. The number of hydrogen-bond acceptors (Lipinski definition) is 4. The third-order valence-corrected chi connectivity index (χ3v) is 1.87. The zero-order chi connectivity index (χ0) is 11.8. The van der Waals surface area contributed by atoms with E-state index in [1.165, 1.54) is 6.26 Å². The molecule has 1 rings (SSSR count). The molecule has 80 valence electrons. The molecule has 0 radical (unpaired) electrons. The summed E-state index contributed by atoms with van der Waals surface area (Å²) >= 11 is 0. The quantitative estimate of drug-likeness (QED) is 0.437. The molecule has 0 atom stereocenters. The van der Waals surface area contributed by atoms with Gasteiger partial charge in [-0.2, -0.15) is 10.5 Å². The van der Waals surface area contributed by atoms with E-state index in [0.29, 0.717) is 5.57 Å². The molecule has 0 saturated carbocycles. The van der Waals surface area contributed by atoms with Crippen LogP contribution in [0.2, 0.25) is 0 Å². The van der Waals surface area contributed by atoms with Gasteiger partial charge in [0.25, 0.3) is 0 Å². The van der Waals surface area contributed by atoms with Crippen LogP contribution in [0.3, 0.4) is 0 Å². The summed E-state index contributed by atoms with van der Waals surface area (Å²) in [5.74, 6) is 0.721. The molecule has 4 nitrogen and oxygen atoms in total. The maximum Gasteiger partial charge on any atom is 0.173 e. The predicted octanol–water partition coefficient (Wildman–Crippen LogP) is 2.10. The van der Waals surface area contributed by atoms with Crippen molar-refractivity contribution in [3.63, 3.8) is 0 Å². The van der Waals surface area contributed by atoms with E-state index in [0.717, 1.165) is 11.3 Å². The van der Waals surface area contributed by atoms with Gasteiger partial charge >= 0.3 is 0 Å². The third-order valence-electron chi connectivity index (χ3n) is 1.87. The van der Waals surface area contributed by atoms with E-state index in [1.54, 1.807) is 31.4 Å². The lowest BCUT2D eigenvalue weighted by atomic mass is 10.1. The number of allylic oxidation sites excluding steroid dienone is 1. The van der Waals surface area contributed by atoms with Gasteiger partial charge in [0.1, 0.15) is 24.2 Å². The Kier molecular flexibility index (Phi) is 4.43. The number of hydrogen-bond donors (Lipinski definition) is 0. The fourth-order valence-corrected chi connectivity index (χ4v) is 1.09. The largest absolute Gasteiger partial charge is 0.497 e. The molecule has 16 heavy (non-hydrogen) atoms. The predicted molar refractivity (Wildman–Crippen MR) is 58.1 cm³/mol. The van der Waals surface area contributed by atoms with Crippen LogP contribution in [-0.2, 0) is 4.74 Å². The van der Waals surface area contributed by atoms with Crippen LogP contribution in [0.5, 0.6) is 5.75 Å². The zero-order valence-corrected chi connectivity index (χ0v) is 8.80. The Hall–Kier alpha value is -2.46. The normalized spacial score (nSPS) is 10.1. The Morgan fingerprint density at radius 1 is 1.31 bits per heavy atom. The molecule has 0 aliphatic carbocycles. The van der Waals surface area contributed by atoms with Gasteiger partial charge in [0, 0.05) is 0 Å². The highest BCUT2D eigenvalue weighted by Gasteiger charge is 2.01. The molecule has 1 aromatic rings. The maximum absolute atomic E-state index is 8.89. The molecule has 0 unspecified atom stereocenters. The monoisotopic (exact) mass is 214 g/mol. The molecular weight excluding hydrogens is 204 g/mol. The van der Waals surface area contributed by atoms with Crippen molar-refractivity contribution in [3.05, 3.63) is 36.1 Å². The van der Waals surface area contributed by atoms with Gasteiger partial charge in [0.15, 0.2) is 6.61 Å². The van der Waals surface area contributed by atoms with E-state index < -0.39 is 0 Å². The summed E-state index contributed by atoms with van der Waals surface area (Å²) in [4.78, 5) is 0. The van der Waals surface area contributed by atoms with Gasteiger partial charge in [-0.25, -0.2) is 0 Å². The minimum atomic E-state index is -0.0681. The lowest BCUT2D eigenvalue weighted by Crippen LogP contribution is -1.87. The molecule has 0 heterocycles. The van der Waals surface area contributed by atoms with E-state index in [1.807, 2.05) is 12.1 Å². The van der Waals surface area contributed by atoms with Crippen LogP contribution in [-0.4, -0.2) is 13.7 Å². The zero-order valence-electron chi connectivity index (χ0n) is 8.80. The third kappa shape index (κ3) is 3.04. The average Bonchev–Trinajstić information content (AvgIpc) is 2.35. The summed E-state index contributed by atoms with van der Waals surface area (Å²) in [5, 5.41) is 17.2. The van der Waals surface area contributed by atoms with Crippen LogP contribution in [0.15, 0.2) is 30.5 Å². The number of nitriles is 2. The van der Waals surface area contributed by atoms with Crippen molar-refractivity contribution in [3.8, 4) is 17.9 Å². The Balaban J connectivity index is 2.84. The molecule has 0 aliphatic heterocycles. The van der Waals surface area contributed by atoms with E-state index in [2.05, 4.69) is 0 Å². The summed E-state index contributed by atoms with van der Waals surface area (Å²) in [6.07, 6.45) is 1.28. The minimum Gasteiger partial charge on any atom is -0.497 e. The highest BCUT2D eigenvalue weighted by atomic mass is 16.5. The first-order valence-corrected chi connectivity index (χ1v) is 4.55. The van der Waals surface area contributed by atoms with Crippen LogP contribution in [0.1, 0.15) is 5.56 Å². The van der Waals surface area contributed by atoms with Gasteiger partial charge in [-0.1, -0.05) is 0 Å². The number of methoxy groups -OCH3 is 1.